The first-order valence-corrected chi connectivity index (χ1v) is 9.02. The van der Waals surface area contributed by atoms with Gasteiger partial charge in [-0.25, -0.2) is 0 Å². The first kappa shape index (κ1) is 15.3. The Kier molecular flexibility index (Phi) is 5.17. The number of nitrogens with zero attached hydrogens (tertiary/aromatic N) is 2. The lowest BCUT2D eigenvalue weighted by atomic mass is 10.0. The zero-order valence-electron chi connectivity index (χ0n) is 13.5. The van der Waals surface area contributed by atoms with Gasteiger partial charge < -0.3 is 10.2 Å². The molecule has 0 radical (unpaired) electrons. The van der Waals surface area contributed by atoms with Crippen LogP contribution in [0, 0.1) is 0 Å². The predicted molar refractivity (Wildman–Crippen MR) is 85.3 cm³/mol. The maximum absolute atomic E-state index is 12.4. The van der Waals surface area contributed by atoms with Crippen LogP contribution in [0.15, 0.2) is 0 Å². The molecule has 1 aliphatic carbocycles. The first-order valence-electron chi connectivity index (χ1n) is 9.02. The van der Waals surface area contributed by atoms with Gasteiger partial charge in [-0.15, -0.1) is 0 Å². The molecule has 0 unspecified atom stereocenters. The van der Waals surface area contributed by atoms with Gasteiger partial charge in [0.15, 0.2) is 0 Å². The standard InChI is InChI=1S/C17H31N3O/c1-14(17(21)18-15-6-2-3-7-15)19-12-8-16(9-13-19)20-10-4-5-11-20/h14-16H,2-13H2,1H3,(H,18,21)/t14-/m0/s1. The summed E-state index contributed by atoms with van der Waals surface area (Å²) in [5.74, 6) is 0.251. The van der Waals surface area contributed by atoms with Gasteiger partial charge in [0, 0.05) is 25.2 Å². The maximum atomic E-state index is 12.4. The molecule has 2 aliphatic heterocycles. The number of piperidine rings is 1. The van der Waals surface area contributed by atoms with Crippen molar-refractivity contribution in [3.05, 3.63) is 0 Å². The summed E-state index contributed by atoms with van der Waals surface area (Å²) >= 11 is 0. The fourth-order valence-corrected chi connectivity index (χ4v) is 4.30. The van der Waals surface area contributed by atoms with E-state index in [1.165, 1.54) is 64.5 Å². The Hall–Kier alpha value is -0.610. The van der Waals surface area contributed by atoms with Crippen LogP contribution < -0.4 is 5.32 Å². The molecule has 0 aromatic carbocycles. The highest BCUT2D eigenvalue weighted by atomic mass is 16.2. The van der Waals surface area contributed by atoms with Gasteiger partial charge in [0.2, 0.25) is 5.91 Å². The van der Waals surface area contributed by atoms with Crippen molar-refractivity contribution >= 4 is 5.91 Å². The molecule has 2 saturated heterocycles. The molecule has 21 heavy (non-hydrogen) atoms. The van der Waals surface area contributed by atoms with Crippen molar-refractivity contribution in [3.8, 4) is 0 Å². The van der Waals surface area contributed by atoms with E-state index < -0.39 is 0 Å². The number of rotatable bonds is 4. The van der Waals surface area contributed by atoms with Gasteiger partial charge in [-0.05, 0) is 58.5 Å². The Bertz CT molecular complexity index is 340. The Labute approximate surface area is 129 Å². The van der Waals surface area contributed by atoms with Gasteiger partial charge in [-0.3, -0.25) is 9.69 Å². The summed E-state index contributed by atoms with van der Waals surface area (Å²) in [6, 6.07) is 1.26. The Morgan fingerprint density at radius 2 is 1.57 bits per heavy atom. The normalized spacial score (nSPS) is 28.0. The molecule has 0 bridgehead atoms. The number of hydrogen-bond donors (Lipinski definition) is 1. The van der Waals surface area contributed by atoms with Gasteiger partial charge in [-0.2, -0.15) is 0 Å². The number of likely N-dealkylation sites (tertiary alicyclic amines) is 2. The van der Waals surface area contributed by atoms with E-state index in [0.29, 0.717) is 6.04 Å². The maximum Gasteiger partial charge on any atom is 0.237 e. The minimum atomic E-state index is 0.0464. The Balaban J connectivity index is 1.43. The lowest BCUT2D eigenvalue weighted by Crippen LogP contribution is -2.52. The van der Waals surface area contributed by atoms with Crippen molar-refractivity contribution in [3.63, 3.8) is 0 Å². The fraction of sp³-hybridized carbons (Fsp3) is 0.941. The summed E-state index contributed by atoms with van der Waals surface area (Å²) < 4.78 is 0. The lowest BCUT2D eigenvalue weighted by Gasteiger charge is -2.39. The first-order chi connectivity index (χ1) is 10.2. The molecule has 0 spiro atoms. The summed E-state index contributed by atoms with van der Waals surface area (Å²) in [6.45, 7) is 6.84. The molecule has 3 aliphatic rings. The van der Waals surface area contributed by atoms with Gasteiger partial charge in [0.05, 0.1) is 6.04 Å². The molecule has 1 N–H and O–H groups in total. The van der Waals surface area contributed by atoms with Crippen LogP contribution in [-0.2, 0) is 4.79 Å². The molecule has 3 rings (SSSR count). The van der Waals surface area contributed by atoms with E-state index in [1.54, 1.807) is 0 Å². The SMILES string of the molecule is C[C@@H](C(=O)NC1CCCC1)N1CCC(N2CCCC2)CC1. The molecule has 1 saturated carbocycles. The second kappa shape index (κ2) is 7.10. The Morgan fingerprint density at radius 1 is 0.952 bits per heavy atom. The molecule has 1 amide bonds. The molecule has 0 aromatic rings. The molecule has 3 fully saturated rings. The van der Waals surface area contributed by atoms with Crippen molar-refractivity contribution < 1.29 is 4.79 Å². The van der Waals surface area contributed by atoms with E-state index in [9.17, 15) is 4.79 Å². The van der Waals surface area contributed by atoms with E-state index in [0.717, 1.165) is 19.1 Å². The average Bonchev–Trinajstić information content (AvgIpc) is 3.20. The van der Waals surface area contributed by atoms with Crippen molar-refractivity contribution in [2.75, 3.05) is 26.2 Å². The van der Waals surface area contributed by atoms with Crippen molar-refractivity contribution in [2.45, 2.75) is 76.4 Å². The van der Waals surface area contributed by atoms with Gasteiger partial charge in [0.25, 0.3) is 0 Å². The lowest BCUT2D eigenvalue weighted by molar-refractivity contribution is -0.127. The largest absolute Gasteiger partial charge is 0.352 e. The van der Waals surface area contributed by atoms with E-state index in [2.05, 4.69) is 22.0 Å². The smallest absolute Gasteiger partial charge is 0.237 e. The number of carbonyl (C=O) groups is 1. The van der Waals surface area contributed by atoms with Crippen LogP contribution in [0.5, 0.6) is 0 Å². The van der Waals surface area contributed by atoms with Crippen LogP contribution in [0.4, 0.5) is 0 Å². The minimum absolute atomic E-state index is 0.0464. The second-order valence-electron chi connectivity index (χ2n) is 7.18. The molecular weight excluding hydrogens is 262 g/mol. The highest BCUT2D eigenvalue weighted by Gasteiger charge is 2.31. The molecule has 4 heteroatoms. The van der Waals surface area contributed by atoms with Gasteiger partial charge >= 0.3 is 0 Å². The summed E-state index contributed by atoms with van der Waals surface area (Å²) in [6.07, 6.45) is 10.1. The van der Waals surface area contributed by atoms with Crippen LogP contribution in [0.1, 0.15) is 58.3 Å². The third-order valence-corrected chi connectivity index (χ3v) is 5.78. The van der Waals surface area contributed by atoms with Crippen molar-refractivity contribution in [1.82, 2.24) is 15.1 Å². The van der Waals surface area contributed by atoms with Gasteiger partial charge in [0.1, 0.15) is 0 Å². The summed E-state index contributed by atoms with van der Waals surface area (Å²) in [5.41, 5.74) is 0. The Morgan fingerprint density at radius 3 is 2.19 bits per heavy atom. The van der Waals surface area contributed by atoms with Crippen molar-refractivity contribution in [1.29, 1.82) is 0 Å². The quantitative estimate of drug-likeness (QED) is 0.861. The number of hydrogen-bond acceptors (Lipinski definition) is 3. The van der Waals surface area contributed by atoms with E-state index >= 15 is 0 Å². The second-order valence-corrected chi connectivity index (χ2v) is 7.18. The molecule has 2 heterocycles. The third-order valence-electron chi connectivity index (χ3n) is 5.78. The predicted octanol–water partition coefficient (Wildman–Crippen LogP) is 1.99. The summed E-state index contributed by atoms with van der Waals surface area (Å²) in [5, 5.41) is 3.25. The minimum Gasteiger partial charge on any atom is -0.352 e. The summed E-state index contributed by atoms with van der Waals surface area (Å²) in [4.78, 5) is 17.4. The number of nitrogens with one attached hydrogen (secondary N) is 1. The zero-order chi connectivity index (χ0) is 14.7. The molecule has 120 valence electrons. The highest BCUT2D eigenvalue weighted by Crippen LogP contribution is 2.23. The highest BCUT2D eigenvalue weighted by molar-refractivity contribution is 5.81. The van der Waals surface area contributed by atoms with Crippen LogP contribution in [0.25, 0.3) is 0 Å². The molecule has 0 aromatic heterocycles. The van der Waals surface area contributed by atoms with E-state index in [-0.39, 0.29) is 11.9 Å². The zero-order valence-corrected chi connectivity index (χ0v) is 13.5. The van der Waals surface area contributed by atoms with Crippen LogP contribution in [0.2, 0.25) is 0 Å². The van der Waals surface area contributed by atoms with Crippen molar-refractivity contribution in [2.24, 2.45) is 0 Å². The average molecular weight is 293 g/mol. The van der Waals surface area contributed by atoms with Crippen LogP contribution in [0.3, 0.4) is 0 Å². The molecular formula is C17H31N3O. The third kappa shape index (κ3) is 3.78. The van der Waals surface area contributed by atoms with Gasteiger partial charge in [-0.1, -0.05) is 12.8 Å². The topological polar surface area (TPSA) is 35.6 Å². The molecule has 1 atom stereocenters. The van der Waals surface area contributed by atoms with E-state index in [4.69, 9.17) is 0 Å². The van der Waals surface area contributed by atoms with Crippen LogP contribution in [-0.4, -0.2) is 60.0 Å². The summed E-state index contributed by atoms with van der Waals surface area (Å²) in [7, 11) is 0. The number of amides is 1. The fourth-order valence-electron chi connectivity index (χ4n) is 4.30. The van der Waals surface area contributed by atoms with Crippen LogP contribution >= 0.6 is 0 Å². The monoisotopic (exact) mass is 293 g/mol. The molecule has 4 nitrogen and oxygen atoms in total. The number of carbonyl (C=O) groups excluding carboxylic acids is 1. The van der Waals surface area contributed by atoms with E-state index in [1.807, 2.05) is 0 Å².